The lowest BCUT2D eigenvalue weighted by atomic mass is 9.89. The molecule has 8 nitrogen and oxygen atoms in total. The first-order valence-electron chi connectivity index (χ1n) is 8.20. The zero-order valence-electron chi connectivity index (χ0n) is 15.6. The van der Waals surface area contributed by atoms with E-state index >= 15 is 0 Å². The van der Waals surface area contributed by atoms with Gasteiger partial charge in [0.15, 0.2) is 12.2 Å². The van der Waals surface area contributed by atoms with Crippen molar-refractivity contribution in [3.8, 4) is 0 Å². The molecule has 1 saturated heterocycles. The van der Waals surface area contributed by atoms with Gasteiger partial charge in [0.1, 0.15) is 5.76 Å². The van der Waals surface area contributed by atoms with Crippen LogP contribution in [0.5, 0.6) is 0 Å². The largest absolute Gasteiger partial charge is 0.461 e. The highest BCUT2D eigenvalue weighted by atomic mass is 16.7. The molecule has 0 aromatic heterocycles. The molecule has 146 valence electrons. The van der Waals surface area contributed by atoms with Gasteiger partial charge in [-0.05, 0) is 19.1 Å². The number of methoxy groups -OCH3 is 1. The number of carbonyl (C=O) groups excluding carboxylic acids is 3. The van der Waals surface area contributed by atoms with Crippen molar-refractivity contribution < 1.29 is 38.1 Å². The molecule has 1 aromatic carbocycles. The molecule has 0 unspecified atom stereocenters. The molecule has 1 aliphatic heterocycles. The maximum atomic E-state index is 12.5. The van der Waals surface area contributed by atoms with Gasteiger partial charge in [0, 0.05) is 21.0 Å². The first kappa shape index (κ1) is 20.4. The van der Waals surface area contributed by atoms with Crippen LogP contribution in [0.4, 0.5) is 0 Å². The van der Waals surface area contributed by atoms with Gasteiger partial charge < -0.3 is 23.7 Å². The Morgan fingerprint density at radius 1 is 1.07 bits per heavy atom. The Labute approximate surface area is 157 Å². The van der Waals surface area contributed by atoms with Crippen molar-refractivity contribution in [2.75, 3.05) is 7.11 Å². The van der Waals surface area contributed by atoms with E-state index < -0.39 is 42.0 Å². The molecule has 8 heteroatoms. The number of carbonyl (C=O) groups is 3. The van der Waals surface area contributed by atoms with Crippen LogP contribution >= 0.6 is 0 Å². The molecule has 1 heterocycles. The summed E-state index contributed by atoms with van der Waals surface area (Å²) in [6.45, 7) is 7.57. The fraction of sp³-hybridized carbons (Fsp3) is 0.421. The van der Waals surface area contributed by atoms with Gasteiger partial charge in [-0.2, -0.15) is 0 Å². The lowest BCUT2D eigenvalue weighted by molar-refractivity contribution is -0.289. The molecule has 0 spiro atoms. The van der Waals surface area contributed by atoms with Gasteiger partial charge in [0.05, 0.1) is 5.56 Å². The second-order valence-corrected chi connectivity index (χ2v) is 6.15. The normalized spacial score (nSPS) is 27.3. The van der Waals surface area contributed by atoms with Gasteiger partial charge >= 0.3 is 17.9 Å². The van der Waals surface area contributed by atoms with Crippen molar-refractivity contribution in [2.24, 2.45) is 0 Å². The van der Waals surface area contributed by atoms with Crippen molar-refractivity contribution in [2.45, 2.75) is 44.9 Å². The van der Waals surface area contributed by atoms with Gasteiger partial charge in [-0.3, -0.25) is 9.59 Å². The number of benzene rings is 1. The smallest absolute Gasteiger partial charge is 0.338 e. The van der Waals surface area contributed by atoms with Crippen LogP contribution in [0, 0.1) is 0 Å². The van der Waals surface area contributed by atoms with Crippen LogP contribution in [-0.2, 0) is 33.3 Å². The van der Waals surface area contributed by atoms with Crippen LogP contribution in [0.1, 0.15) is 31.1 Å². The third-order valence-corrected chi connectivity index (χ3v) is 4.00. The first-order chi connectivity index (χ1) is 12.7. The van der Waals surface area contributed by atoms with Gasteiger partial charge in [-0.1, -0.05) is 24.8 Å². The molecular formula is C19H22O8. The van der Waals surface area contributed by atoms with Gasteiger partial charge in [-0.25, -0.2) is 4.79 Å². The first-order valence-corrected chi connectivity index (χ1v) is 8.20. The minimum atomic E-state index is -1.57. The number of ether oxygens (including phenoxy) is 5. The van der Waals surface area contributed by atoms with Crippen LogP contribution in [0.3, 0.4) is 0 Å². The summed E-state index contributed by atoms with van der Waals surface area (Å²) in [5.74, 6) is -1.99. The van der Waals surface area contributed by atoms with Crippen molar-refractivity contribution >= 4 is 17.9 Å². The average molecular weight is 378 g/mol. The van der Waals surface area contributed by atoms with Crippen LogP contribution < -0.4 is 0 Å². The van der Waals surface area contributed by atoms with Gasteiger partial charge in [-0.15, -0.1) is 0 Å². The Kier molecular flexibility index (Phi) is 6.22. The Morgan fingerprint density at radius 3 is 2.22 bits per heavy atom. The highest BCUT2D eigenvalue weighted by Crippen LogP contribution is 2.38. The van der Waals surface area contributed by atoms with E-state index in [-0.39, 0.29) is 11.3 Å². The van der Waals surface area contributed by atoms with Crippen LogP contribution in [0.2, 0.25) is 0 Å². The van der Waals surface area contributed by atoms with E-state index in [1.165, 1.54) is 27.9 Å². The molecule has 4 atom stereocenters. The third kappa shape index (κ3) is 4.46. The Hall–Kier alpha value is -2.87. The van der Waals surface area contributed by atoms with Crippen molar-refractivity contribution in [1.29, 1.82) is 0 Å². The summed E-state index contributed by atoms with van der Waals surface area (Å²) < 4.78 is 27.0. The minimum Gasteiger partial charge on any atom is -0.461 e. The van der Waals surface area contributed by atoms with E-state index in [0.29, 0.717) is 0 Å². The van der Waals surface area contributed by atoms with Crippen molar-refractivity contribution in [1.82, 2.24) is 0 Å². The summed E-state index contributed by atoms with van der Waals surface area (Å²) in [5.41, 5.74) is -1.29. The fourth-order valence-electron chi connectivity index (χ4n) is 2.87. The summed E-state index contributed by atoms with van der Waals surface area (Å²) >= 11 is 0. The van der Waals surface area contributed by atoms with E-state index in [4.69, 9.17) is 23.7 Å². The molecule has 0 saturated carbocycles. The Bertz CT molecular complexity index is 728. The van der Waals surface area contributed by atoms with Gasteiger partial charge in [0.25, 0.3) is 0 Å². The van der Waals surface area contributed by atoms with Crippen LogP contribution in [0.15, 0.2) is 42.7 Å². The number of esters is 3. The van der Waals surface area contributed by atoms with E-state index in [1.807, 2.05) is 0 Å². The number of hydrogen-bond acceptors (Lipinski definition) is 8. The maximum absolute atomic E-state index is 12.5. The summed E-state index contributed by atoms with van der Waals surface area (Å²) in [4.78, 5) is 35.8. The topological polar surface area (TPSA) is 97.4 Å². The quantitative estimate of drug-likeness (QED) is 0.567. The Morgan fingerprint density at radius 2 is 1.70 bits per heavy atom. The van der Waals surface area contributed by atoms with Crippen LogP contribution in [0.25, 0.3) is 0 Å². The molecule has 0 amide bonds. The van der Waals surface area contributed by atoms with Crippen LogP contribution in [-0.4, -0.2) is 49.1 Å². The molecule has 27 heavy (non-hydrogen) atoms. The summed E-state index contributed by atoms with van der Waals surface area (Å²) in [6, 6.07) is 8.24. The van der Waals surface area contributed by atoms with E-state index in [2.05, 4.69) is 6.58 Å². The highest BCUT2D eigenvalue weighted by molar-refractivity contribution is 5.89. The SMILES string of the molecule is C=C1O[C@H](OC)[C@@](C)(OC(C)=O)[C@@H](OC(C)=O)[C@@H]1OC(=O)c1ccccc1. The molecule has 0 aliphatic carbocycles. The molecule has 0 radical (unpaired) electrons. The zero-order chi connectivity index (χ0) is 20.2. The van der Waals surface area contributed by atoms with Gasteiger partial charge in [0.2, 0.25) is 11.9 Å². The summed E-state index contributed by atoms with van der Waals surface area (Å²) in [7, 11) is 1.33. The predicted octanol–water partition coefficient (Wildman–Crippen LogP) is 1.98. The molecule has 0 bridgehead atoms. The number of hydrogen-bond donors (Lipinski definition) is 0. The van der Waals surface area contributed by atoms with E-state index in [1.54, 1.807) is 30.3 Å². The third-order valence-electron chi connectivity index (χ3n) is 4.00. The van der Waals surface area contributed by atoms with Crippen molar-refractivity contribution in [3.05, 3.63) is 48.2 Å². The highest BCUT2D eigenvalue weighted by Gasteiger charge is 2.59. The maximum Gasteiger partial charge on any atom is 0.338 e. The minimum absolute atomic E-state index is 0.00186. The molecule has 1 aliphatic rings. The second kappa shape index (κ2) is 8.22. The van der Waals surface area contributed by atoms with E-state index in [0.717, 1.165) is 0 Å². The monoisotopic (exact) mass is 378 g/mol. The zero-order valence-corrected chi connectivity index (χ0v) is 15.6. The number of rotatable bonds is 5. The standard InChI is InChI=1S/C19H22O8/c1-11-15(26-17(22)14-9-7-6-8-10-14)16(25-12(2)20)19(4,27-13(3)21)18(23-5)24-11/h6-10,15-16,18H,1H2,2-5H3/t15-,16+,18+,19+/m1/s1. The second-order valence-electron chi connectivity index (χ2n) is 6.15. The van der Waals surface area contributed by atoms with Crippen molar-refractivity contribution in [3.63, 3.8) is 0 Å². The molecule has 0 N–H and O–H groups in total. The average Bonchev–Trinajstić information content (AvgIpc) is 2.60. The fourth-order valence-corrected chi connectivity index (χ4v) is 2.87. The lowest BCUT2D eigenvalue weighted by Crippen LogP contribution is -2.64. The molecule has 2 rings (SSSR count). The molecular weight excluding hydrogens is 356 g/mol. The summed E-state index contributed by atoms with van der Waals surface area (Å²) in [5, 5.41) is 0. The predicted molar refractivity (Wildman–Crippen MR) is 92.4 cm³/mol. The molecule has 1 aromatic rings. The Balaban J connectivity index is 2.40. The molecule has 1 fully saturated rings. The summed E-state index contributed by atoms with van der Waals surface area (Å²) in [6.07, 6.45) is -3.56. The van der Waals surface area contributed by atoms with E-state index in [9.17, 15) is 14.4 Å². The lowest BCUT2D eigenvalue weighted by Gasteiger charge is -2.47.